The Labute approximate surface area is 152 Å². The summed E-state index contributed by atoms with van der Waals surface area (Å²) in [6.07, 6.45) is 0. The molecule has 0 aromatic heterocycles. The van der Waals surface area contributed by atoms with Crippen molar-refractivity contribution in [1.82, 2.24) is 0 Å². The summed E-state index contributed by atoms with van der Waals surface area (Å²) in [5.41, 5.74) is 4.48. The average Bonchev–Trinajstić information content (AvgIpc) is 2.64. The van der Waals surface area contributed by atoms with Crippen molar-refractivity contribution in [2.75, 3.05) is 10.6 Å². The van der Waals surface area contributed by atoms with Crippen LogP contribution in [0.2, 0.25) is 0 Å². The number of amides is 2. The summed E-state index contributed by atoms with van der Waals surface area (Å²) < 4.78 is 0. The molecule has 0 aliphatic carbocycles. The number of benzene rings is 3. The van der Waals surface area contributed by atoms with Gasteiger partial charge in [0.2, 0.25) is 0 Å². The highest BCUT2D eigenvalue weighted by molar-refractivity contribution is 6.06. The van der Waals surface area contributed by atoms with E-state index in [1.165, 1.54) is 0 Å². The molecule has 3 aromatic rings. The van der Waals surface area contributed by atoms with Gasteiger partial charge in [0.15, 0.2) is 0 Å². The van der Waals surface area contributed by atoms with Crippen LogP contribution in [-0.2, 0) is 0 Å². The van der Waals surface area contributed by atoms with Gasteiger partial charge in [-0.2, -0.15) is 0 Å². The Morgan fingerprint density at radius 2 is 0.923 bits per heavy atom. The van der Waals surface area contributed by atoms with Crippen LogP contribution in [0.5, 0.6) is 0 Å². The van der Waals surface area contributed by atoms with Gasteiger partial charge < -0.3 is 10.6 Å². The van der Waals surface area contributed by atoms with Gasteiger partial charge in [0.25, 0.3) is 11.8 Å². The van der Waals surface area contributed by atoms with E-state index in [2.05, 4.69) is 10.6 Å². The Morgan fingerprint density at radius 3 is 1.27 bits per heavy atom. The second kappa shape index (κ2) is 7.66. The molecule has 3 aromatic carbocycles. The lowest BCUT2D eigenvalue weighted by Gasteiger charge is -2.10. The highest BCUT2D eigenvalue weighted by Gasteiger charge is 2.10. The molecule has 0 heterocycles. The molecule has 0 aliphatic heterocycles. The Morgan fingerprint density at radius 1 is 0.577 bits per heavy atom. The van der Waals surface area contributed by atoms with Gasteiger partial charge >= 0.3 is 0 Å². The van der Waals surface area contributed by atoms with E-state index in [4.69, 9.17) is 0 Å². The molecule has 0 fully saturated rings. The molecule has 4 nitrogen and oxygen atoms in total. The second-order valence-electron chi connectivity index (χ2n) is 6.12. The van der Waals surface area contributed by atoms with Crippen molar-refractivity contribution in [3.63, 3.8) is 0 Å². The Hall–Kier alpha value is -3.40. The summed E-state index contributed by atoms with van der Waals surface area (Å²) in [5.74, 6) is -0.306. The number of nitrogens with one attached hydrogen (secondary N) is 2. The molecule has 2 N–H and O–H groups in total. The first-order valence-electron chi connectivity index (χ1n) is 8.38. The van der Waals surface area contributed by atoms with Crippen molar-refractivity contribution in [2.45, 2.75) is 13.8 Å². The number of aryl methyl sites for hydroxylation is 2. The van der Waals surface area contributed by atoms with E-state index in [1.807, 2.05) is 50.2 Å². The molecule has 0 bridgehead atoms. The largest absolute Gasteiger partial charge is 0.322 e. The van der Waals surface area contributed by atoms with Crippen LogP contribution in [-0.4, -0.2) is 11.8 Å². The first-order valence-corrected chi connectivity index (χ1v) is 8.38. The Bertz CT molecular complexity index is 868. The molecule has 0 saturated heterocycles. The van der Waals surface area contributed by atoms with Crippen molar-refractivity contribution in [3.05, 3.63) is 95.1 Å². The number of hydrogen-bond acceptors (Lipinski definition) is 2. The summed E-state index contributed by atoms with van der Waals surface area (Å²) in [7, 11) is 0. The molecule has 2 amide bonds. The van der Waals surface area contributed by atoms with Gasteiger partial charge in [-0.05, 0) is 61.4 Å². The van der Waals surface area contributed by atoms with Crippen molar-refractivity contribution < 1.29 is 9.59 Å². The van der Waals surface area contributed by atoms with Crippen molar-refractivity contribution >= 4 is 23.2 Å². The standard InChI is InChI=1S/C22H20N2O2/c1-15-7-3-5-9-19(15)21(25)23-17-11-13-18(14-12-17)24-22(26)20-10-6-4-8-16(20)2/h3-14H,1-2H3,(H,23,25)(H,24,26). The quantitative estimate of drug-likeness (QED) is 0.714. The zero-order chi connectivity index (χ0) is 18.5. The highest BCUT2D eigenvalue weighted by atomic mass is 16.2. The average molecular weight is 344 g/mol. The minimum absolute atomic E-state index is 0.153. The molecule has 26 heavy (non-hydrogen) atoms. The van der Waals surface area contributed by atoms with Crippen LogP contribution in [0, 0.1) is 13.8 Å². The Kier molecular flexibility index (Phi) is 5.13. The predicted octanol–water partition coefficient (Wildman–Crippen LogP) is 4.81. The second-order valence-corrected chi connectivity index (χ2v) is 6.12. The van der Waals surface area contributed by atoms with E-state index in [-0.39, 0.29) is 11.8 Å². The first-order chi connectivity index (χ1) is 12.5. The molecule has 0 aliphatic rings. The van der Waals surface area contributed by atoms with Crippen molar-refractivity contribution in [1.29, 1.82) is 0 Å². The minimum Gasteiger partial charge on any atom is -0.322 e. The third kappa shape index (κ3) is 3.98. The van der Waals surface area contributed by atoms with E-state index >= 15 is 0 Å². The van der Waals surface area contributed by atoms with Gasteiger partial charge in [0.05, 0.1) is 0 Å². The summed E-state index contributed by atoms with van der Waals surface area (Å²) in [4.78, 5) is 24.7. The van der Waals surface area contributed by atoms with Gasteiger partial charge in [-0.15, -0.1) is 0 Å². The van der Waals surface area contributed by atoms with Crippen molar-refractivity contribution in [2.24, 2.45) is 0 Å². The van der Waals surface area contributed by atoms with E-state index in [0.29, 0.717) is 22.5 Å². The number of carbonyl (C=O) groups excluding carboxylic acids is 2. The fourth-order valence-electron chi connectivity index (χ4n) is 2.69. The molecule has 3 rings (SSSR count). The third-order valence-electron chi connectivity index (χ3n) is 4.18. The number of anilines is 2. The maximum atomic E-state index is 12.3. The van der Waals surface area contributed by atoms with E-state index in [9.17, 15) is 9.59 Å². The van der Waals surface area contributed by atoms with Crippen LogP contribution in [0.3, 0.4) is 0 Å². The zero-order valence-corrected chi connectivity index (χ0v) is 14.7. The SMILES string of the molecule is Cc1ccccc1C(=O)Nc1ccc(NC(=O)c2ccccc2C)cc1. The van der Waals surface area contributed by atoms with Crippen LogP contribution in [0.1, 0.15) is 31.8 Å². The Balaban J connectivity index is 1.67. The topological polar surface area (TPSA) is 58.2 Å². The number of hydrogen-bond donors (Lipinski definition) is 2. The fraction of sp³-hybridized carbons (Fsp3) is 0.0909. The van der Waals surface area contributed by atoms with Gasteiger partial charge in [0.1, 0.15) is 0 Å². The maximum absolute atomic E-state index is 12.3. The van der Waals surface area contributed by atoms with Crippen LogP contribution in [0.25, 0.3) is 0 Å². The molecular formula is C22H20N2O2. The van der Waals surface area contributed by atoms with E-state index in [0.717, 1.165) is 11.1 Å². The van der Waals surface area contributed by atoms with Crippen LogP contribution < -0.4 is 10.6 Å². The molecule has 0 unspecified atom stereocenters. The zero-order valence-electron chi connectivity index (χ0n) is 14.7. The maximum Gasteiger partial charge on any atom is 0.255 e. The van der Waals surface area contributed by atoms with Crippen molar-refractivity contribution in [3.8, 4) is 0 Å². The lowest BCUT2D eigenvalue weighted by atomic mass is 10.1. The van der Waals surface area contributed by atoms with Gasteiger partial charge in [-0.3, -0.25) is 9.59 Å². The van der Waals surface area contributed by atoms with E-state index < -0.39 is 0 Å². The fourth-order valence-corrected chi connectivity index (χ4v) is 2.69. The lowest BCUT2D eigenvalue weighted by molar-refractivity contribution is 0.101. The normalized spacial score (nSPS) is 10.2. The molecule has 0 atom stereocenters. The minimum atomic E-state index is -0.153. The summed E-state index contributed by atoms with van der Waals surface area (Å²) in [6, 6.07) is 21.9. The molecule has 0 radical (unpaired) electrons. The summed E-state index contributed by atoms with van der Waals surface area (Å²) >= 11 is 0. The van der Waals surface area contributed by atoms with Crippen LogP contribution >= 0.6 is 0 Å². The highest BCUT2D eigenvalue weighted by Crippen LogP contribution is 2.17. The van der Waals surface area contributed by atoms with Gasteiger partial charge in [-0.25, -0.2) is 0 Å². The molecule has 4 heteroatoms. The molecular weight excluding hydrogens is 324 g/mol. The molecule has 130 valence electrons. The summed E-state index contributed by atoms with van der Waals surface area (Å²) in [6.45, 7) is 3.80. The molecule has 0 saturated carbocycles. The number of carbonyl (C=O) groups is 2. The molecule has 0 spiro atoms. The predicted molar refractivity (Wildman–Crippen MR) is 105 cm³/mol. The smallest absolute Gasteiger partial charge is 0.255 e. The first kappa shape index (κ1) is 17.4. The van der Waals surface area contributed by atoms with Gasteiger partial charge in [-0.1, -0.05) is 36.4 Å². The van der Waals surface area contributed by atoms with Crippen LogP contribution in [0.15, 0.2) is 72.8 Å². The van der Waals surface area contributed by atoms with E-state index in [1.54, 1.807) is 36.4 Å². The lowest BCUT2D eigenvalue weighted by Crippen LogP contribution is -2.14. The van der Waals surface area contributed by atoms with Crippen LogP contribution in [0.4, 0.5) is 11.4 Å². The van der Waals surface area contributed by atoms with Gasteiger partial charge in [0, 0.05) is 22.5 Å². The summed E-state index contributed by atoms with van der Waals surface area (Å²) in [5, 5.41) is 5.74. The third-order valence-corrected chi connectivity index (χ3v) is 4.18. The number of rotatable bonds is 4. The monoisotopic (exact) mass is 344 g/mol.